The fourth-order valence-electron chi connectivity index (χ4n) is 1.59. The van der Waals surface area contributed by atoms with Crippen LogP contribution >= 0.6 is 15.9 Å². The lowest BCUT2D eigenvalue weighted by Crippen LogP contribution is -1.94. The lowest BCUT2D eigenvalue weighted by atomic mass is 10.1. The molecule has 0 unspecified atom stereocenters. The molecular formula is C14H9BrF2O2. The second kappa shape index (κ2) is 5.48. The summed E-state index contributed by atoms with van der Waals surface area (Å²) in [7, 11) is 0. The van der Waals surface area contributed by atoms with E-state index in [9.17, 15) is 13.6 Å². The Morgan fingerprint density at radius 3 is 2.53 bits per heavy atom. The Bertz CT molecular complexity index is 642. The molecule has 0 aliphatic rings. The van der Waals surface area contributed by atoms with E-state index in [1.165, 1.54) is 12.1 Å². The smallest absolute Gasteiger partial charge is 0.201 e. The molecule has 0 saturated carbocycles. The van der Waals surface area contributed by atoms with Gasteiger partial charge in [-0.15, -0.1) is 0 Å². The minimum atomic E-state index is -1.05. The third kappa shape index (κ3) is 2.98. The van der Waals surface area contributed by atoms with Gasteiger partial charge < -0.3 is 4.74 Å². The number of aldehydes is 1. The quantitative estimate of drug-likeness (QED) is 0.606. The van der Waals surface area contributed by atoms with E-state index < -0.39 is 11.6 Å². The van der Waals surface area contributed by atoms with Crippen molar-refractivity contribution in [1.82, 2.24) is 0 Å². The van der Waals surface area contributed by atoms with Crippen molar-refractivity contribution in [2.24, 2.45) is 0 Å². The van der Waals surface area contributed by atoms with Gasteiger partial charge in [0.15, 0.2) is 11.6 Å². The average Bonchev–Trinajstić information content (AvgIpc) is 2.37. The predicted octanol–water partition coefficient (Wildman–Crippen LogP) is 4.64. The van der Waals surface area contributed by atoms with Crippen LogP contribution < -0.4 is 4.74 Å². The summed E-state index contributed by atoms with van der Waals surface area (Å²) in [6.07, 6.45) is 0.705. The van der Waals surface area contributed by atoms with Gasteiger partial charge in [-0.1, -0.05) is 15.9 Å². The lowest BCUT2D eigenvalue weighted by molar-refractivity contribution is 0.112. The summed E-state index contributed by atoms with van der Waals surface area (Å²) >= 11 is 3.07. The van der Waals surface area contributed by atoms with Crippen molar-refractivity contribution in [2.45, 2.75) is 6.92 Å². The first kappa shape index (κ1) is 13.7. The number of hydrogen-bond acceptors (Lipinski definition) is 2. The molecule has 19 heavy (non-hydrogen) atoms. The maximum Gasteiger partial charge on any atom is 0.201 e. The van der Waals surface area contributed by atoms with Crippen LogP contribution in [0.5, 0.6) is 11.5 Å². The van der Waals surface area contributed by atoms with E-state index in [0.29, 0.717) is 27.6 Å². The maximum atomic E-state index is 13.6. The van der Waals surface area contributed by atoms with Crippen LogP contribution in [-0.4, -0.2) is 6.29 Å². The topological polar surface area (TPSA) is 26.3 Å². The molecule has 0 fully saturated rings. The minimum absolute atomic E-state index is 0.214. The number of benzene rings is 2. The Balaban J connectivity index is 2.39. The van der Waals surface area contributed by atoms with E-state index in [1.54, 1.807) is 19.1 Å². The van der Waals surface area contributed by atoms with Crippen LogP contribution in [0.15, 0.2) is 34.8 Å². The molecule has 0 amide bonds. The van der Waals surface area contributed by atoms with Crippen molar-refractivity contribution >= 4 is 22.2 Å². The van der Waals surface area contributed by atoms with E-state index in [2.05, 4.69) is 15.9 Å². The van der Waals surface area contributed by atoms with Gasteiger partial charge in [0.2, 0.25) is 5.82 Å². The number of aryl methyl sites for hydroxylation is 1. The fraction of sp³-hybridized carbons (Fsp3) is 0.0714. The highest BCUT2D eigenvalue weighted by molar-refractivity contribution is 9.10. The molecule has 0 radical (unpaired) electrons. The van der Waals surface area contributed by atoms with Crippen molar-refractivity contribution < 1.29 is 18.3 Å². The van der Waals surface area contributed by atoms with E-state index in [4.69, 9.17) is 4.74 Å². The first-order valence-electron chi connectivity index (χ1n) is 5.39. The standard InChI is InChI=1S/C14H9BrF2O2/c1-8-4-9(7-18)2-3-12(8)19-13-6-10(15)5-11(16)14(13)17/h2-7H,1H3. The molecule has 0 bridgehead atoms. The summed E-state index contributed by atoms with van der Waals surface area (Å²) in [5, 5.41) is 0. The molecule has 0 aliphatic heterocycles. The summed E-state index contributed by atoms with van der Waals surface area (Å²) in [5.74, 6) is -1.90. The third-order valence-corrected chi connectivity index (χ3v) is 2.97. The van der Waals surface area contributed by atoms with Crippen molar-refractivity contribution in [1.29, 1.82) is 0 Å². The average molecular weight is 327 g/mol. The Morgan fingerprint density at radius 2 is 1.89 bits per heavy atom. The molecule has 0 spiro atoms. The Morgan fingerprint density at radius 1 is 1.16 bits per heavy atom. The van der Waals surface area contributed by atoms with Crippen LogP contribution in [0, 0.1) is 18.6 Å². The zero-order valence-corrected chi connectivity index (χ0v) is 11.5. The summed E-state index contributed by atoms with van der Waals surface area (Å²) in [6.45, 7) is 1.72. The van der Waals surface area contributed by atoms with Crippen molar-refractivity contribution in [3.8, 4) is 11.5 Å². The number of hydrogen-bond donors (Lipinski definition) is 0. The zero-order valence-electron chi connectivity index (χ0n) is 9.91. The molecule has 2 rings (SSSR count). The molecule has 2 aromatic carbocycles. The molecule has 2 nitrogen and oxygen atoms in total. The maximum absolute atomic E-state index is 13.6. The third-order valence-electron chi connectivity index (χ3n) is 2.51. The van der Waals surface area contributed by atoms with Gasteiger partial charge in [0.05, 0.1) is 0 Å². The van der Waals surface area contributed by atoms with Gasteiger partial charge >= 0.3 is 0 Å². The highest BCUT2D eigenvalue weighted by Gasteiger charge is 2.13. The molecule has 0 N–H and O–H groups in total. The molecule has 0 saturated heterocycles. The first-order chi connectivity index (χ1) is 9.01. The van der Waals surface area contributed by atoms with Gasteiger partial charge in [-0.3, -0.25) is 4.79 Å². The van der Waals surface area contributed by atoms with E-state index >= 15 is 0 Å². The molecular weight excluding hydrogens is 318 g/mol. The minimum Gasteiger partial charge on any atom is -0.454 e. The van der Waals surface area contributed by atoms with Crippen LogP contribution in [0.1, 0.15) is 15.9 Å². The van der Waals surface area contributed by atoms with E-state index in [0.717, 1.165) is 6.07 Å². The van der Waals surface area contributed by atoms with Crippen molar-refractivity contribution in [2.75, 3.05) is 0 Å². The summed E-state index contributed by atoms with van der Waals surface area (Å²) in [6, 6.07) is 7.05. The molecule has 0 atom stereocenters. The molecule has 98 valence electrons. The fourth-order valence-corrected chi connectivity index (χ4v) is 1.99. The summed E-state index contributed by atoms with van der Waals surface area (Å²) in [5.41, 5.74) is 1.15. The van der Waals surface area contributed by atoms with Gasteiger partial charge in [-0.2, -0.15) is 4.39 Å². The molecule has 0 aliphatic carbocycles. The van der Waals surface area contributed by atoms with Gasteiger partial charge in [0.1, 0.15) is 12.0 Å². The largest absolute Gasteiger partial charge is 0.454 e. The Hall–Kier alpha value is -1.75. The van der Waals surface area contributed by atoms with Crippen molar-refractivity contribution in [3.05, 3.63) is 57.6 Å². The van der Waals surface area contributed by atoms with Gasteiger partial charge in [-0.05, 0) is 42.8 Å². The van der Waals surface area contributed by atoms with Crippen LogP contribution in [0.4, 0.5) is 8.78 Å². The predicted molar refractivity (Wildman–Crippen MR) is 70.7 cm³/mol. The molecule has 2 aromatic rings. The number of rotatable bonds is 3. The van der Waals surface area contributed by atoms with Gasteiger partial charge in [0, 0.05) is 10.0 Å². The SMILES string of the molecule is Cc1cc(C=O)ccc1Oc1cc(Br)cc(F)c1F. The monoisotopic (exact) mass is 326 g/mol. The van der Waals surface area contributed by atoms with Crippen LogP contribution in [0.2, 0.25) is 0 Å². The number of ether oxygens (including phenoxy) is 1. The van der Waals surface area contributed by atoms with Crippen LogP contribution in [0.25, 0.3) is 0 Å². The number of carbonyl (C=O) groups excluding carboxylic acids is 1. The first-order valence-corrected chi connectivity index (χ1v) is 6.19. The zero-order chi connectivity index (χ0) is 14.0. The van der Waals surface area contributed by atoms with E-state index in [1.807, 2.05) is 0 Å². The highest BCUT2D eigenvalue weighted by atomic mass is 79.9. The Kier molecular flexibility index (Phi) is 3.95. The van der Waals surface area contributed by atoms with Gasteiger partial charge in [0.25, 0.3) is 0 Å². The molecule has 5 heteroatoms. The summed E-state index contributed by atoms with van der Waals surface area (Å²) < 4.78 is 32.5. The van der Waals surface area contributed by atoms with Gasteiger partial charge in [-0.25, -0.2) is 4.39 Å². The molecule has 0 heterocycles. The second-order valence-corrected chi connectivity index (χ2v) is 4.86. The second-order valence-electron chi connectivity index (χ2n) is 3.94. The lowest BCUT2D eigenvalue weighted by Gasteiger charge is -2.10. The van der Waals surface area contributed by atoms with Crippen molar-refractivity contribution in [3.63, 3.8) is 0 Å². The summed E-state index contributed by atoms with van der Waals surface area (Å²) in [4.78, 5) is 10.6. The normalized spacial score (nSPS) is 10.3. The van der Waals surface area contributed by atoms with Crippen LogP contribution in [-0.2, 0) is 0 Å². The molecule has 0 aromatic heterocycles. The highest BCUT2D eigenvalue weighted by Crippen LogP contribution is 2.31. The Labute approximate surface area is 117 Å². The number of halogens is 3. The van der Waals surface area contributed by atoms with E-state index in [-0.39, 0.29) is 5.75 Å². The van der Waals surface area contributed by atoms with Crippen LogP contribution in [0.3, 0.4) is 0 Å². The number of carbonyl (C=O) groups is 1.